The minimum absolute atomic E-state index is 0.0286. The fourth-order valence-corrected chi connectivity index (χ4v) is 13.9. The summed E-state index contributed by atoms with van der Waals surface area (Å²) < 4.78 is 41.4. The van der Waals surface area contributed by atoms with Crippen LogP contribution in [0, 0.1) is 41.4 Å². The van der Waals surface area contributed by atoms with Gasteiger partial charge in [-0.25, -0.2) is 0 Å². The summed E-state index contributed by atoms with van der Waals surface area (Å²) in [5.41, 5.74) is 0. The fourth-order valence-electron chi connectivity index (χ4n) is 13.7. The first-order valence-electron chi connectivity index (χ1n) is 34.5. The maximum absolute atomic E-state index is 15.4. The molecule has 4 aliphatic rings. The van der Waals surface area contributed by atoms with Crippen molar-refractivity contribution < 1.29 is 65.9 Å². The van der Waals surface area contributed by atoms with Gasteiger partial charge < -0.3 is 55.1 Å². The van der Waals surface area contributed by atoms with Crippen molar-refractivity contribution >= 4 is 76.6 Å². The van der Waals surface area contributed by atoms with E-state index >= 15 is 9.59 Å². The van der Waals surface area contributed by atoms with E-state index in [0.717, 1.165) is 46.8 Å². The SMILES string of the molecule is CC[C@H](C)[C@@H]1NC(=O)[C@H](C)N(C)C(=O)C[C@@H](C)N(C)C(=O)[C@H](CC(C)C)N(C)C(=O)[C@H](CC2CCCCC2)N(C)C(=O)[C@H](CC(C)C)NC(=O)[C@H](CCC2CCC(C(F)(F)F)CC2)NC(=O)CN(C)C(=O)[C@H](CC2CCC(Cl)CC2)N(C)C(=O)CN(C)C(=O)CN(C)C1=O. The van der Waals surface area contributed by atoms with Crippen LogP contribution < -0.4 is 16.0 Å². The lowest BCUT2D eigenvalue weighted by molar-refractivity contribution is -0.184. The van der Waals surface area contributed by atoms with Crippen LogP contribution in [0.15, 0.2) is 0 Å². The van der Waals surface area contributed by atoms with Gasteiger partial charge >= 0.3 is 6.18 Å². The summed E-state index contributed by atoms with van der Waals surface area (Å²) in [5, 5.41) is 8.46. The molecule has 0 aromatic carbocycles. The number of nitrogens with one attached hydrogen (secondary N) is 3. The summed E-state index contributed by atoms with van der Waals surface area (Å²) in [5.74, 6) is -9.13. The zero-order valence-electron chi connectivity index (χ0n) is 59.3. The molecule has 3 saturated carbocycles. The molecule has 536 valence electrons. The van der Waals surface area contributed by atoms with E-state index in [1.807, 2.05) is 34.6 Å². The number of carbonyl (C=O) groups excluding carboxylic acids is 11. The molecule has 26 heteroatoms. The molecule has 11 amide bonds. The molecular weight excluding hydrogens is 1240 g/mol. The lowest BCUT2D eigenvalue weighted by Crippen LogP contribution is -2.60. The van der Waals surface area contributed by atoms with Crippen LogP contribution >= 0.6 is 11.6 Å². The molecule has 0 unspecified atom stereocenters. The molecule has 94 heavy (non-hydrogen) atoms. The van der Waals surface area contributed by atoms with Crippen LogP contribution in [0.2, 0.25) is 0 Å². The normalized spacial score (nSPS) is 29.9. The maximum Gasteiger partial charge on any atom is 0.391 e. The molecule has 4 fully saturated rings. The second kappa shape index (κ2) is 37.1. The number of hydrogen-bond donors (Lipinski definition) is 3. The Morgan fingerprint density at radius 1 is 0.479 bits per heavy atom. The third-order valence-electron chi connectivity index (χ3n) is 20.7. The average Bonchev–Trinajstić information content (AvgIpc) is 0.894. The first-order chi connectivity index (χ1) is 43.9. The number of halogens is 4. The Kier molecular flexibility index (Phi) is 31.9. The van der Waals surface area contributed by atoms with Gasteiger partial charge in [-0.3, -0.25) is 52.7 Å². The third-order valence-corrected chi connectivity index (χ3v) is 21.2. The van der Waals surface area contributed by atoms with Gasteiger partial charge in [0.1, 0.15) is 42.3 Å². The van der Waals surface area contributed by atoms with Gasteiger partial charge in [0.2, 0.25) is 65.0 Å². The van der Waals surface area contributed by atoms with E-state index in [4.69, 9.17) is 11.6 Å². The summed E-state index contributed by atoms with van der Waals surface area (Å²) in [6.45, 7) is 12.7. The van der Waals surface area contributed by atoms with Crippen molar-refractivity contribution in [3.8, 4) is 0 Å². The minimum atomic E-state index is -4.35. The first kappa shape index (κ1) is 80.7. The van der Waals surface area contributed by atoms with Gasteiger partial charge in [0, 0.05) is 74.2 Å². The van der Waals surface area contributed by atoms with Crippen molar-refractivity contribution in [3.05, 3.63) is 0 Å². The van der Waals surface area contributed by atoms with Crippen molar-refractivity contribution in [2.24, 2.45) is 41.4 Å². The van der Waals surface area contributed by atoms with Gasteiger partial charge in [-0.15, -0.1) is 11.6 Å². The molecule has 4 rings (SSSR count). The number of rotatable bonds is 13. The van der Waals surface area contributed by atoms with Crippen LogP contribution in [0.1, 0.15) is 190 Å². The molecule has 1 aliphatic heterocycles. The fraction of sp³-hybridized carbons (Fsp3) is 0.838. The second-order valence-corrected chi connectivity index (χ2v) is 29.6. The van der Waals surface area contributed by atoms with E-state index in [9.17, 15) is 56.3 Å². The van der Waals surface area contributed by atoms with Crippen LogP contribution in [0.4, 0.5) is 13.2 Å². The Hall–Kier alpha value is -5.75. The molecule has 3 N–H and O–H groups in total. The Labute approximate surface area is 562 Å². The molecule has 22 nitrogen and oxygen atoms in total. The predicted octanol–water partition coefficient (Wildman–Crippen LogP) is 6.84. The van der Waals surface area contributed by atoms with Gasteiger partial charge in [-0.1, -0.05) is 80.1 Å². The highest BCUT2D eigenvalue weighted by Gasteiger charge is 2.44. The number of carbonyl (C=O) groups is 11. The molecule has 0 bridgehead atoms. The summed E-state index contributed by atoms with van der Waals surface area (Å²) in [4.78, 5) is 170. The number of amides is 11. The van der Waals surface area contributed by atoms with Crippen molar-refractivity contribution in [2.75, 3.05) is 76.0 Å². The zero-order chi connectivity index (χ0) is 70.8. The van der Waals surface area contributed by atoms with Crippen molar-refractivity contribution in [1.29, 1.82) is 0 Å². The van der Waals surface area contributed by atoms with E-state index < -0.39 is 151 Å². The smallest absolute Gasteiger partial charge is 0.343 e. The number of likely N-dealkylation sites (N-methyl/N-ethyl adjacent to an activating group) is 8. The van der Waals surface area contributed by atoms with Crippen LogP contribution in [0.5, 0.6) is 0 Å². The topological polar surface area (TPSA) is 250 Å². The van der Waals surface area contributed by atoms with Gasteiger partial charge in [0.25, 0.3) is 0 Å². The van der Waals surface area contributed by atoms with Crippen LogP contribution in [-0.4, -0.2) is 240 Å². The van der Waals surface area contributed by atoms with Crippen LogP contribution in [-0.2, 0) is 52.7 Å². The van der Waals surface area contributed by atoms with Crippen LogP contribution in [0.25, 0.3) is 0 Å². The maximum atomic E-state index is 15.4. The highest BCUT2D eigenvalue weighted by atomic mass is 35.5. The molecular formula is C68H115ClF3N11O11. The highest BCUT2D eigenvalue weighted by Crippen LogP contribution is 2.41. The standard InChI is InChI=1S/C68H115ClF3N11O11/c1-17-43(6)60-67(94)78(11)39-58(86)76(9)40-59(87)81(14)54(37-48-25-30-50(69)31-26-48)64(91)77(10)38-56(84)73-51(32-27-46-23-28-49(29-24-46)68(70,71)72)62(89)74-52(33-41(2)3)63(90)82(15)55(36-47-21-19-18-20-22-47)66(93)83(16)53(34-42(4)5)65(92)79(12)44(7)35-57(85)80(13)45(8)61(88)75-60/h41-55,60H,17-40H2,1-16H3,(H,73,84)(H,74,89)(H,75,88)/t43-,44+,45-,46?,48?,49?,50?,51-,52-,53-,54-,55-,60-/m0/s1. The Morgan fingerprint density at radius 2 is 0.989 bits per heavy atom. The quantitative estimate of drug-likeness (QED) is 0.161. The molecule has 1 heterocycles. The average molecular weight is 1360 g/mol. The van der Waals surface area contributed by atoms with E-state index in [1.165, 1.54) is 80.8 Å². The summed E-state index contributed by atoms with van der Waals surface area (Å²) in [7, 11) is 11.6. The monoisotopic (exact) mass is 1350 g/mol. The minimum Gasteiger partial charge on any atom is -0.343 e. The van der Waals surface area contributed by atoms with Crippen molar-refractivity contribution in [3.63, 3.8) is 0 Å². The molecule has 3 aliphatic carbocycles. The van der Waals surface area contributed by atoms with Crippen LogP contribution in [0.3, 0.4) is 0 Å². The predicted molar refractivity (Wildman–Crippen MR) is 354 cm³/mol. The number of alkyl halides is 4. The number of hydrogen-bond acceptors (Lipinski definition) is 11. The van der Waals surface area contributed by atoms with Crippen molar-refractivity contribution in [2.45, 2.75) is 250 Å². The molecule has 0 aromatic rings. The summed E-state index contributed by atoms with van der Waals surface area (Å²) in [6.07, 6.45) is 4.28. The molecule has 0 spiro atoms. The van der Waals surface area contributed by atoms with Gasteiger partial charge in [0.15, 0.2) is 0 Å². The summed E-state index contributed by atoms with van der Waals surface area (Å²) >= 11 is 6.49. The second-order valence-electron chi connectivity index (χ2n) is 29.0. The summed E-state index contributed by atoms with van der Waals surface area (Å²) in [6, 6.07) is -8.87. The van der Waals surface area contributed by atoms with E-state index in [0.29, 0.717) is 32.1 Å². The lowest BCUT2D eigenvalue weighted by atomic mass is 9.79. The molecule has 1 saturated heterocycles. The Morgan fingerprint density at radius 3 is 1.54 bits per heavy atom. The molecule has 0 radical (unpaired) electrons. The van der Waals surface area contributed by atoms with E-state index in [-0.39, 0.29) is 106 Å². The van der Waals surface area contributed by atoms with Crippen molar-refractivity contribution in [1.82, 2.24) is 55.1 Å². The van der Waals surface area contributed by atoms with Gasteiger partial charge in [0.05, 0.1) is 25.6 Å². The van der Waals surface area contributed by atoms with E-state index in [1.54, 1.807) is 20.9 Å². The van der Waals surface area contributed by atoms with Gasteiger partial charge in [-0.05, 0) is 139 Å². The Bertz CT molecular complexity index is 2580. The number of nitrogens with zero attached hydrogens (tertiary/aromatic N) is 8. The zero-order valence-corrected chi connectivity index (χ0v) is 60.0. The Balaban J connectivity index is 1.84. The highest BCUT2D eigenvalue weighted by molar-refractivity contribution is 6.20. The molecule has 9 atom stereocenters. The van der Waals surface area contributed by atoms with E-state index in [2.05, 4.69) is 16.0 Å². The first-order valence-corrected chi connectivity index (χ1v) is 35.0. The largest absolute Gasteiger partial charge is 0.391 e. The van der Waals surface area contributed by atoms with Gasteiger partial charge in [-0.2, -0.15) is 13.2 Å². The third kappa shape index (κ3) is 23.5. The lowest BCUT2D eigenvalue weighted by Gasteiger charge is -2.40. The molecule has 0 aromatic heterocycles.